The van der Waals surface area contributed by atoms with Gasteiger partial charge in [0.05, 0.1) is 7.11 Å². The summed E-state index contributed by atoms with van der Waals surface area (Å²) in [7, 11) is 5.06. The van der Waals surface area contributed by atoms with Crippen LogP contribution < -0.4 is 14.8 Å². The van der Waals surface area contributed by atoms with Crippen LogP contribution in [0.15, 0.2) is 40.7 Å². The Hall–Kier alpha value is -2.42. The molecule has 0 atom stereocenters. The summed E-state index contributed by atoms with van der Waals surface area (Å²) in [5, 5.41) is 5.30. The second-order valence-electron chi connectivity index (χ2n) is 6.04. The highest BCUT2D eigenvalue weighted by atomic mass is 32.1. The molecule has 0 bridgehead atoms. The summed E-state index contributed by atoms with van der Waals surface area (Å²) < 4.78 is 47.0. The molecule has 0 spiro atoms. The maximum Gasteiger partial charge on any atom is 0.422 e. The Kier molecular flexibility index (Phi) is 7.98. The molecule has 5 nitrogen and oxygen atoms in total. The van der Waals surface area contributed by atoms with Gasteiger partial charge >= 0.3 is 6.18 Å². The van der Waals surface area contributed by atoms with E-state index in [1.54, 1.807) is 30.5 Å². The number of halogens is 3. The molecule has 0 aliphatic carbocycles. The van der Waals surface area contributed by atoms with Crippen molar-refractivity contribution in [3.8, 4) is 11.5 Å². The first-order chi connectivity index (χ1) is 13.3. The van der Waals surface area contributed by atoms with Crippen LogP contribution in [0.4, 0.5) is 13.2 Å². The third kappa shape index (κ3) is 6.95. The Morgan fingerprint density at radius 2 is 2.04 bits per heavy atom. The van der Waals surface area contributed by atoms with E-state index in [0.717, 1.165) is 24.5 Å². The summed E-state index contributed by atoms with van der Waals surface area (Å²) in [6.45, 7) is -0.0950. The lowest BCUT2D eigenvalue weighted by atomic mass is 10.2. The molecule has 1 aromatic heterocycles. The van der Waals surface area contributed by atoms with Gasteiger partial charge in [-0.05, 0) is 35.6 Å². The summed E-state index contributed by atoms with van der Waals surface area (Å²) in [4.78, 5) is 7.61. The number of methoxy groups -OCH3 is 1. The van der Waals surface area contributed by atoms with Gasteiger partial charge in [-0.25, -0.2) is 0 Å². The number of hydrogen-bond acceptors (Lipinski definition) is 4. The molecule has 1 aromatic carbocycles. The number of ether oxygens (including phenoxy) is 2. The average Bonchev–Trinajstić information content (AvgIpc) is 3.18. The minimum Gasteiger partial charge on any atom is -0.493 e. The van der Waals surface area contributed by atoms with Crippen molar-refractivity contribution in [2.45, 2.75) is 19.1 Å². The van der Waals surface area contributed by atoms with Crippen molar-refractivity contribution in [1.82, 2.24) is 10.2 Å². The topological polar surface area (TPSA) is 46.1 Å². The summed E-state index contributed by atoms with van der Waals surface area (Å²) in [6.07, 6.45) is -3.47. The van der Waals surface area contributed by atoms with Crippen LogP contribution in [0.5, 0.6) is 11.5 Å². The highest BCUT2D eigenvalue weighted by Crippen LogP contribution is 2.29. The van der Waals surface area contributed by atoms with Crippen molar-refractivity contribution in [3.63, 3.8) is 0 Å². The Balaban J connectivity index is 1.92. The first-order valence-electron chi connectivity index (χ1n) is 8.63. The fraction of sp³-hybridized carbons (Fsp3) is 0.421. The van der Waals surface area contributed by atoms with Crippen LogP contribution in [0, 0.1) is 0 Å². The molecule has 0 unspecified atom stereocenters. The SMILES string of the molecule is CN=C(NCc1ccc(OCC(F)(F)F)c(OC)c1)N(C)CCc1cccs1. The van der Waals surface area contributed by atoms with E-state index in [1.165, 1.54) is 18.1 Å². The largest absolute Gasteiger partial charge is 0.493 e. The molecule has 2 aromatic rings. The second kappa shape index (κ2) is 10.2. The summed E-state index contributed by atoms with van der Waals surface area (Å²) in [5.74, 6) is 1.04. The zero-order valence-electron chi connectivity index (χ0n) is 16.0. The zero-order valence-corrected chi connectivity index (χ0v) is 16.9. The van der Waals surface area contributed by atoms with E-state index in [9.17, 15) is 13.2 Å². The van der Waals surface area contributed by atoms with E-state index in [1.807, 2.05) is 18.0 Å². The van der Waals surface area contributed by atoms with Crippen molar-refractivity contribution in [2.75, 3.05) is 34.4 Å². The summed E-state index contributed by atoms with van der Waals surface area (Å²) in [6, 6.07) is 8.95. The summed E-state index contributed by atoms with van der Waals surface area (Å²) >= 11 is 1.72. The second-order valence-corrected chi connectivity index (χ2v) is 7.07. The van der Waals surface area contributed by atoms with Gasteiger partial charge in [0.25, 0.3) is 0 Å². The van der Waals surface area contributed by atoms with Gasteiger partial charge in [0.15, 0.2) is 24.1 Å². The highest BCUT2D eigenvalue weighted by Gasteiger charge is 2.29. The average molecular weight is 415 g/mol. The molecular formula is C19H24F3N3O2S. The zero-order chi connectivity index (χ0) is 20.6. The third-order valence-electron chi connectivity index (χ3n) is 3.92. The van der Waals surface area contributed by atoms with E-state index < -0.39 is 12.8 Å². The third-order valence-corrected chi connectivity index (χ3v) is 4.85. The van der Waals surface area contributed by atoms with Crippen LogP contribution in [-0.4, -0.2) is 51.4 Å². The number of benzene rings is 1. The van der Waals surface area contributed by atoms with Gasteiger partial charge in [0.1, 0.15) is 0 Å². The molecule has 0 fully saturated rings. The molecule has 0 radical (unpaired) electrons. The molecule has 0 saturated carbocycles. The molecule has 154 valence electrons. The smallest absolute Gasteiger partial charge is 0.422 e. The number of likely N-dealkylation sites (N-methyl/N-ethyl adjacent to an activating group) is 1. The Labute approximate surface area is 166 Å². The van der Waals surface area contributed by atoms with E-state index >= 15 is 0 Å². The maximum atomic E-state index is 12.3. The fourth-order valence-corrected chi connectivity index (χ4v) is 3.20. The number of alkyl halides is 3. The number of nitrogens with one attached hydrogen (secondary N) is 1. The van der Waals surface area contributed by atoms with Crippen LogP contribution in [0.1, 0.15) is 10.4 Å². The van der Waals surface area contributed by atoms with E-state index in [4.69, 9.17) is 9.47 Å². The van der Waals surface area contributed by atoms with Crippen molar-refractivity contribution in [1.29, 1.82) is 0 Å². The number of aliphatic imine (C=N–C) groups is 1. The molecule has 28 heavy (non-hydrogen) atoms. The molecular weight excluding hydrogens is 391 g/mol. The molecule has 0 amide bonds. The van der Waals surface area contributed by atoms with Crippen LogP contribution in [0.2, 0.25) is 0 Å². The standard InChI is InChI=1S/C19H24F3N3O2S/c1-23-18(25(2)9-8-15-5-4-10-28-15)24-12-14-6-7-16(17(11-14)26-3)27-13-19(20,21)22/h4-7,10-11H,8-9,12-13H2,1-3H3,(H,23,24). The van der Waals surface area contributed by atoms with Gasteiger partial charge < -0.3 is 19.7 Å². The van der Waals surface area contributed by atoms with Gasteiger partial charge in [-0.3, -0.25) is 4.99 Å². The monoisotopic (exact) mass is 415 g/mol. The lowest BCUT2D eigenvalue weighted by Gasteiger charge is -2.22. The minimum absolute atomic E-state index is 0.0565. The maximum absolute atomic E-state index is 12.3. The number of thiophene rings is 1. The van der Waals surface area contributed by atoms with Crippen LogP contribution >= 0.6 is 11.3 Å². The van der Waals surface area contributed by atoms with Gasteiger partial charge in [0, 0.05) is 32.1 Å². The Bertz CT molecular complexity index is 764. The first-order valence-corrected chi connectivity index (χ1v) is 9.51. The fourth-order valence-electron chi connectivity index (χ4n) is 2.51. The van der Waals surface area contributed by atoms with E-state index in [0.29, 0.717) is 6.54 Å². The molecule has 1 heterocycles. The molecule has 0 aliphatic heterocycles. The number of nitrogens with zero attached hydrogens (tertiary/aromatic N) is 2. The predicted octanol–water partition coefficient (Wildman–Crippen LogP) is 3.95. The van der Waals surface area contributed by atoms with Crippen LogP contribution in [0.25, 0.3) is 0 Å². The van der Waals surface area contributed by atoms with Crippen molar-refractivity contribution in [2.24, 2.45) is 4.99 Å². The van der Waals surface area contributed by atoms with Crippen molar-refractivity contribution < 1.29 is 22.6 Å². The lowest BCUT2D eigenvalue weighted by molar-refractivity contribution is -0.153. The van der Waals surface area contributed by atoms with Gasteiger partial charge in [-0.2, -0.15) is 13.2 Å². The number of rotatable bonds is 8. The van der Waals surface area contributed by atoms with E-state index in [-0.39, 0.29) is 11.5 Å². The molecule has 2 rings (SSSR count). The Morgan fingerprint density at radius 1 is 1.25 bits per heavy atom. The van der Waals surface area contributed by atoms with Gasteiger partial charge in [-0.15, -0.1) is 11.3 Å². The molecule has 0 saturated heterocycles. The van der Waals surface area contributed by atoms with E-state index in [2.05, 4.69) is 21.8 Å². The van der Waals surface area contributed by atoms with Crippen molar-refractivity contribution in [3.05, 3.63) is 46.2 Å². The van der Waals surface area contributed by atoms with Crippen LogP contribution in [-0.2, 0) is 13.0 Å². The number of hydrogen-bond donors (Lipinski definition) is 1. The van der Waals surface area contributed by atoms with Crippen LogP contribution in [0.3, 0.4) is 0 Å². The highest BCUT2D eigenvalue weighted by molar-refractivity contribution is 7.09. The number of guanidine groups is 1. The van der Waals surface area contributed by atoms with Gasteiger partial charge in [0.2, 0.25) is 0 Å². The molecule has 9 heteroatoms. The predicted molar refractivity (Wildman–Crippen MR) is 105 cm³/mol. The molecule has 1 N–H and O–H groups in total. The Morgan fingerprint density at radius 3 is 2.64 bits per heavy atom. The molecule has 0 aliphatic rings. The summed E-state index contributed by atoms with van der Waals surface area (Å²) in [5.41, 5.74) is 0.837. The quantitative estimate of drug-likeness (QED) is 0.524. The minimum atomic E-state index is -4.40. The normalized spacial score (nSPS) is 12.0. The van der Waals surface area contributed by atoms with Gasteiger partial charge in [-0.1, -0.05) is 12.1 Å². The lowest BCUT2D eigenvalue weighted by Crippen LogP contribution is -2.39. The first kappa shape index (κ1) is 21.9. The van der Waals surface area contributed by atoms with Crippen molar-refractivity contribution >= 4 is 17.3 Å².